The molecular formula is C19H19N7O. The van der Waals surface area contributed by atoms with Gasteiger partial charge in [-0.25, -0.2) is 9.97 Å². The van der Waals surface area contributed by atoms with Gasteiger partial charge in [0.1, 0.15) is 11.6 Å². The molecule has 0 aliphatic rings. The number of aromatic nitrogens is 6. The molecule has 0 amide bonds. The molecule has 4 rings (SSSR count). The van der Waals surface area contributed by atoms with Crippen molar-refractivity contribution in [1.29, 1.82) is 0 Å². The van der Waals surface area contributed by atoms with Crippen LogP contribution in [0, 0.1) is 0 Å². The Morgan fingerprint density at radius 3 is 2.74 bits per heavy atom. The molecule has 1 N–H and O–H groups in total. The van der Waals surface area contributed by atoms with E-state index in [1.807, 2.05) is 31.3 Å². The monoisotopic (exact) mass is 361 g/mol. The van der Waals surface area contributed by atoms with Crippen LogP contribution in [0.1, 0.15) is 6.42 Å². The number of aryl methyl sites for hydroxylation is 1. The number of pyridine rings is 2. The van der Waals surface area contributed by atoms with Crippen LogP contribution in [-0.4, -0.2) is 42.9 Å². The first-order valence-electron chi connectivity index (χ1n) is 8.68. The molecule has 0 saturated carbocycles. The van der Waals surface area contributed by atoms with Crippen molar-refractivity contribution < 1.29 is 4.74 Å². The summed E-state index contributed by atoms with van der Waals surface area (Å²) in [4.78, 5) is 17.4. The van der Waals surface area contributed by atoms with E-state index in [1.54, 1.807) is 35.7 Å². The summed E-state index contributed by atoms with van der Waals surface area (Å²) < 4.78 is 7.42. The lowest BCUT2D eigenvalue weighted by atomic mass is 10.2. The summed E-state index contributed by atoms with van der Waals surface area (Å²) in [5.74, 6) is 2.18. The number of hydrogen-bond acceptors (Lipinski definition) is 7. The number of nitrogens with one attached hydrogen (secondary N) is 1. The molecule has 136 valence electrons. The predicted octanol–water partition coefficient (Wildman–Crippen LogP) is 2.70. The van der Waals surface area contributed by atoms with Crippen LogP contribution in [0.2, 0.25) is 0 Å². The molecule has 0 bridgehead atoms. The van der Waals surface area contributed by atoms with E-state index in [2.05, 4.69) is 30.4 Å². The third kappa shape index (κ3) is 3.84. The van der Waals surface area contributed by atoms with E-state index in [4.69, 9.17) is 4.74 Å². The van der Waals surface area contributed by atoms with Crippen LogP contribution in [0.25, 0.3) is 22.4 Å². The van der Waals surface area contributed by atoms with Crippen LogP contribution < -0.4 is 10.1 Å². The molecule has 0 radical (unpaired) electrons. The number of anilines is 1. The number of nitrogens with zero attached hydrogens (tertiary/aromatic N) is 6. The highest BCUT2D eigenvalue weighted by molar-refractivity contribution is 5.88. The summed E-state index contributed by atoms with van der Waals surface area (Å²) in [7, 11) is 1.87. The molecule has 0 aliphatic heterocycles. The quantitative estimate of drug-likeness (QED) is 0.506. The van der Waals surface area contributed by atoms with Crippen LogP contribution in [0.3, 0.4) is 0 Å². The molecule has 0 aromatic carbocycles. The first kappa shape index (κ1) is 16.9. The maximum atomic E-state index is 5.67. The molecule has 4 aromatic rings. The van der Waals surface area contributed by atoms with Gasteiger partial charge in [0, 0.05) is 37.7 Å². The second-order valence-corrected chi connectivity index (χ2v) is 5.95. The molecule has 27 heavy (non-hydrogen) atoms. The minimum atomic E-state index is 0.594. The highest BCUT2D eigenvalue weighted by Gasteiger charge is 2.12. The first-order valence-corrected chi connectivity index (χ1v) is 8.68. The summed E-state index contributed by atoms with van der Waals surface area (Å²) in [6.07, 6.45) is 9.50. The van der Waals surface area contributed by atoms with Crippen LogP contribution in [0.15, 0.2) is 55.2 Å². The Bertz CT molecular complexity index is 1020. The minimum absolute atomic E-state index is 0.594. The molecule has 8 heteroatoms. The van der Waals surface area contributed by atoms with Gasteiger partial charge >= 0.3 is 0 Å². The van der Waals surface area contributed by atoms with Gasteiger partial charge in [-0.3, -0.25) is 14.6 Å². The van der Waals surface area contributed by atoms with Crippen LogP contribution in [0.4, 0.5) is 5.82 Å². The highest BCUT2D eigenvalue weighted by atomic mass is 16.5. The molecular weight excluding hydrogens is 342 g/mol. The largest absolute Gasteiger partial charge is 0.492 e. The minimum Gasteiger partial charge on any atom is -0.492 e. The standard InChI is InChI=1S/C19H19N7O/c1-26-19-16(13-23-26)18(24-17(25-19)14-5-9-20-10-6-14)22-8-3-11-27-15-4-2-7-21-12-15/h2,4-7,9-10,12-13H,3,8,11H2,1H3,(H,22,24,25). The number of rotatable bonds is 7. The third-order valence-corrected chi connectivity index (χ3v) is 4.05. The maximum Gasteiger partial charge on any atom is 0.164 e. The Kier molecular flexibility index (Phi) is 4.86. The topological polar surface area (TPSA) is 90.6 Å². The van der Waals surface area contributed by atoms with E-state index in [0.717, 1.165) is 41.1 Å². The van der Waals surface area contributed by atoms with Gasteiger partial charge in [-0.15, -0.1) is 0 Å². The lowest BCUT2D eigenvalue weighted by molar-refractivity contribution is 0.314. The van der Waals surface area contributed by atoms with Crippen molar-refractivity contribution in [2.45, 2.75) is 6.42 Å². The van der Waals surface area contributed by atoms with Gasteiger partial charge in [0.25, 0.3) is 0 Å². The molecule has 4 heterocycles. The highest BCUT2D eigenvalue weighted by Crippen LogP contribution is 2.24. The molecule has 4 aromatic heterocycles. The summed E-state index contributed by atoms with van der Waals surface area (Å²) in [5, 5.41) is 8.58. The normalized spacial score (nSPS) is 10.9. The predicted molar refractivity (Wildman–Crippen MR) is 102 cm³/mol. The maximum absolute atomic E-state index is 5.67. The van der Waals surface area contributed by atoms with Gasteiger partial charge in [-0.1, -0.05) is 0 Å². The van der Waals surface area contributed by atoms with E-state index in [9.17, 15) is 0 Å². The van der Waals surface area contributed by atoms with E-state index >= 15 is 0 Å². The van der Waals surface area contributed by atoms with Gasteiger partial charge in [-0.05, 0) is 30.7 Å². The zero-order valence-electron chi connectivity index (χ0n) is 14.9. The first-order chi connectivity index (χ1) is 13.3. The number of ether oxygens (including phenoxy) is 1. The second kappa shape index (κ2) is 7.77. The van der Waals surface area contributed by atoms with Crippen molar-refractivity contribution in [3.05, 3.63) is 55.2 Å². The lowest BCUT2D eigenvalue weighted by Gasteiger charge is -2.10. The lowest BCUT2D eigenvalue weighted by Crippen LogP contribution is -2.09. The van der Waals surface area contributed by atoms with Crippen molar-refractivity contribution in [2.24, 2.45) is 7.05 Å². The smallest absolute Gasteiger partial charge is 0.164 e. The summed E-state index contributed by atoms with van der Waals surface area (Å²) in [5.41, 5.74) is 1.70. The second-order valence-electron chi connectivity index (χ2n) is 5.95. The van der Waals surface area contributed by atoms with E-state index in [0.29, 0.717) is 12.4 Å². The van der Waals surface area contributed by atoms with Crippen LogP contribution in [0.5, 0.6) is 5.75 Å². The molecule has 0 spiro atoms. The summed E-state index contributed by atoms with van der Waals surface area (Å²) in [6, 6.07) is 7.53. The fourth-order valence-corrected chi connectivity index (χ4v) is 2.69. The molecule has 0 atom stereocenters. The van der Waals surface area contributed by atoms with Gasteiger partial charge in [-0.2, -0.15) is 5.10 Å². The number of fused-ring (bicyclic) bond motifs is 1. The Balaban J connectivity index is 1.47. The van der Waals surface area contributed by atoms with Gasteiger partial charge in [0.05, 0.1) is 24.4 Å². The van der Waals surface area contributed by atoms with Crippen molar-refractivity contribution >= 4 is 16.9 Å². The summed E-state index contributed by atoms with van der Waals surface area (Å²) in [6.45, 7) is 1.31. The van der Waals surface area contributed by atoms with Gasteiger partial charge in [0.2, 0.25) is 0 Å². The van der Waals surface area contributed by atoms with Crippen molar-refractivity contribution in [3.8, 4) is 17.1 Å². The fraction of sp³-hybridized carbons (Fsp3) is 0.211. The Hall–Kier alpha value is -3.55. The van der Waals surface area contributed by atoms with Gasteiger partial charge < -0.3 is 10.1 Å². The van der Waals surface area contributed by atoms with Crippen LogP contribution >= 0.6 is 0 Å². The van der Waals surface area contributed by atoms with Crippen molar-refractivity contribution in [2.75, 3.05) is 18.5 Å². The van der Waals surface area contributed by atoms with E-state index in [1.165, 1.54) is 0 Å². The fourth-order valence-electron chi connectivity index (χ4n) is 2.69. The molecule has 0 saturated heterocycles. The van der Waals surface area contributed by atoms with Crippen molar-refractivity contribution in [3.63, 3.8) is 0 Å². The Labute approximate surface area is 156 Å². The molecule has 0 aliphatic carbocycles. The molecule has 0 fully saturated rings. The molecule has 8 nitrogen and oxygen atoms in total. The van der Waals surface area contributed by atoms with Crippen LogP contribution in [-0.2, 0) is 7.05 Å². The number of hydrogen-bond donors (Lipinski definition) is 1. The summed E-state index contributed by atoms with van der Waals surface area (Å²) >= 11 is 0. The van der Waals surface area contributed by atoms with E-state index < -0.39 is 0 Å². The zero-order valence-corrected chi connectivity index (χ0v) is 14.9. The Morgan fingerprint density at radius 1 is 1.04 bits per heavy atom. The van der Waals surface area contributed by atoms with Gasteiger partial charge in [0.15, 0.2) is 11.5 Å². The van der Waals surface area contributed by atoms with E-state index in [-0.39, 0.29) is 0 Å². The van der Waals surface area contributed by atoms with Crippen molar-refractivity contribution in [1.82, 2.24) is 29.7 Å². The SMILES string of the molecule is Cn1ncc2c(NCCCOc3cccnc3)nc(-c3ccncc3)nc21. The average molecular weight is 361 g/mol. The zero-order chi connectivity index (χ0) is 18.5. The third-order valence-electron chi connectivity index (χ3n) is 4.05. The average Bonchev–Trinajstić information content (AvgIpc) is 3.10. The molecule has 0 unspecified atom stereocenters. The Morgan fingerprint density at radius 2 is 1.93 bits per heavy atom.